The third-order valence-corrected chi connectivity index (χ3v) is 4.61. The molecule has 0 heterocycles. The van der Waals surface area contributed by atoms with E-state index < -0.39 is 0 Å². The first-order valence-electron chi connectivity index (χ1n) is 6.77. The fraction of sp³-hybridized carbons (Fsp3) is 0.600. The lowest BCUT2D eigenvalue weighted by molar-refractivity contribution is 0.249. The molecule has 1 aliphatic carbocycles. The van der Waals surface area contributed by atoms with Crippen LogP contribution in [0.25, 0.3) is 0 Å². The SMILES string of the molecule is CCc1c(C2(CN)CCC2)cc(Cl)c(OC)c1OC. The second-order valence-electron chi connectivity index (χ2n) is 5.14. The highest BCUT2D eigenvalue weighted by atomic mass is 35.5. The molecule has 1 aliphatic rings. The van der Waals surface area contributed by atoms with Gasteiger partial charge in [-0.3, -0.25) is 0 Å². The Morgan fingerprint density at radius 3 is 2.26 bits per heavy atom. The van der Waals surface area contributed by atoms with Gasteiger partial charge in [-0.2, -0.15) is 0 Å². The molecule has 0 radical (unpaired) electrons. The van der Waals surface area contributed by atoms with Gasteiger partial charge in [0.1, 0.15) is 0 Å². The van der Waals surface area contributed by atoms with Crippen molar-refractivity contribution >= 4 is 11.6 Å². The zero-order valence-electron chi connectivity index (χ0n) is 11.9. The average molecular weight is 284 g/mol. The van der Waals surface area contributed by atoms with Crippen LogP contribution in [-0.4, -0.2) is 20.8 Å². The highest BCUT2D eigenvalue weighted by Gasteiger charge is 2.40. The third kappa shape index (κ3) is 2.19. The van der Waals surface area contributed by atoms with Crippen molar-refractivity contribution in [1.29, 1.82) is 0 Å². The van der Waals surface area contributed by atoms with E-state index in [2.05, 4.69) is 6.92 Å². The molecule has 0 spiro atoms. The molecule has 2 N–H and O–H groups in total. The smallest absolute Gasteiger partial charge is 0.179 e. The van der Waals surface area contributed by atoms with E-state index in [0.717, 1.165) is 25.0 Å². The topological polar surface area (TPSA) is 44.5 Å². The van der Waals surface area contributed by atoms with Gasteiger partial charge in [0.2, 0.25) is 0 Å². The highest BCUT2D eigenvalue weighted by Crippen LogP contribution is 2.50. The Morgan fingerprint density at radius 1 is 1.26 bits per heavy atom. The summed E-state index contributed by atoms with van der Waals surface area (Å²) >= 11 is 6.34. The van der Waals surface area contributed by atoms with Crippen LogP contribution >= 0.6 is 11.6 Å². The summed E-state index contributed by atoms with van der Waals surface area (Å²) < 4.78 is 10.9. The van der Waals surface area contributed by atoms with Crippen LogP contribution in [0.2, 0.25) is 5.02 Å². The predicted molar refractivity (Wildman–Crippen MR) is 78.5 cm³/mol. The summed E-state index contributed by atoms with van der Waals surface area (Å²) in [7, 11) is 3.28. The Morgan fingerprint density at radius 2 is 1.89 bits per heavy atom. The Bertz CT molecular complexity index is 464. The maximum atomic E-state index is 6.34. The molecule has 1 aromatic carbocycles. The fourth-order valence-electron chi connectivity index (χ4n) is 3.06. The van der Waals surface area contributed by atoms with Crippen LogP contribution in [0, 0.1) is 0 Å². The first-order valence-corrected chi connectivity index (χ1v) is 7.15. The lowest BCUT2D eigenvalue weighted by Gasteiger charge is -2.43. The van der Waals surface area contributed by atoms with Gasteiger partial charge < -0.3 is 15.2 Å². The van der Waals surface area contributed by atoms with E-state index in [1.165, 1.54) is 17.5 Å². The molecule has 0 aromatic heterocycles. The lowest BCUT2D eigenvalue weighted by Crippen LogP contribution is -2.42. The Balaban J connectivity index is 2.64. The van der Waals surface area contributed by atoms with Gasteiger partial charge in [0, 0.05) is 17.5 Å². The molecule has 4 heteroatoms. The summed E-state index contributed by atoms with van der Waals surface area (Å²) in [6.07, 6.45) is 4.37. The predicted octanol–water partition coefficient (Wildman–Crippen LogP) is 3.30. The second-order valence-corrected chi connectivity index (χ2v) is 5.55. The van der Waals surface area contributed by atoms with Crippen molar-refractivity contribution in [3.8, 4) is 11.5 Å². The molecule has 3 nitrogen and oxygen atoms in total. The van der Waals surface area contributed by atoms with Crippen LogP contribution in [0.3, 0.4) is 0 Å². The molecule has 0 aliphatic heterocycles. The first-order chi connectivity index (χ1) is 9.13. The molecule has 19 heavy (non-hydrogen) atoms. The maximum absolute atomic E-state index is 6.34. The molecule has 0 amide bonds. The van der Waals surface area contributed by atoms with Crippen LogP contribution in [0.4, 0.5) is 0 Å². The number of halogens is 1. The number of benzene rings is 1. The van der Waals surface area contributed by atoms with E-state index in [9.17, 15) is 0 Å². The highest BCUT2D eigenvalue weighted by molar-refractivity contribution is 6.32. The van der Waals surface area contributed by atoms with Gasteiger partial charge >= 0.3 is 0 Å². The summed E-state index contributed by atoms with van der Waals surface area (Å²) in [6.45, 7) is 2.78. The minimum atomic E-state index is 0.0779. The van der Waals surface area contributed by atoms with Crippen LogP contribution in [0.15, 0.2) is 6.07 Å². The van der Waals surface area contributed by atoms with Gasteiger partial charge in [-0.1, -0.05) is 24.9 Å². The molecule has 0 atom stereocenters. The number of hydrogen-bond donors (Lipinski definition) is 1. The number of hydrogen-bond acceptors (Lipinski definition) is 3. The monoisotopic (exact) mass is 283 g/mol. The number of rotatable bonds is 5. The van der Waals surface area contributed by atoms with E-state index in [4.69, 9.17) is 26.8 Å². The number of ether oxygens (including phenoxy) is 2. The van der Waals surface area contributed by atoms with Crippen LogP contribution in [-0.2, 0) is 11.8 Å². The molecule has 0 unspecified atom stereocenters. The zero-order valence-corrected chi connectivity index (χ0v) is 12.6. The molecular weight excluding hydrogens is 262 g/mol. The summed E-state index contributed by atoms with van der Waals surface area (Å²) in [6, 6.07) is 2.02. The summed E-state index contributed by atoms with van der Waals surface area (Å²) in [5.74, 6) is 1.38. The molecule has 0 saturated heterocycles. The normalized spacial score (nSPS) is 16.9. The van der Waals surface area contributed by atoms with Crippen molar-refractivity contribution < 1.29 is 9.47 Å². The van der Waals surface area contributed by atoms with E-state index in [0.29, 0.717) is 17.3 Å². The van der Waals surface area contributed by atoms with E-state index >= 15 is 0 Å². The van der Waals surface area contributed by atoms with Gasteiger partial charge in [0.25, 0.3) is 0 Å². The third-order valence-electron chi connectivity index (χ3n) is 4.33. The number of methoxy groups -OCH3 is 2. The number of nitrogens with two attached hydrogens (primary N) is 1. The molecule has 1 aromatic rings. The quantitative estimate of drug-likeness (QED) is 0.902. The molecule has 106 valence electrons. The van der Waals surface area contributed by atoms with E-state index in [1.54, 1.807) is 14.2 Å². The van der Waals surface area contributed by atoms with Crippen LogP contribution in [0.5, 0.6) is 11.5 Å². The molecule has 1 fully saturated rings. The Labute approximate surface area is 120 Å². The molecule has 0 bridgehead atoms. The van der Waals surface area contributed by atoms with Gasteiger partial charge in [0.05, 0.1) is 19.2 Å². The Hall–Kier alpha value is -0.930. The van der Waals surface area contributed by atoms with Gasteiger partial charge in [0.15, 0.2) is 11.5 Å². The Kier molecular flexibility index (Phi) is 4.26. The van der Waals surface area contributed by atoms with E-state index in [1.807, 2.05) is 6.07 Å². The first kappa shape index (κ1) is 14.5. The van der Waals surface area contributed by atoms with Crippen molar-refractivity contribution in [3.05, 3.63) is 22.2 Å². The minimum Gasteiger partial charge on any atom is -0.493 e. The standard InChI is InChI=1S/C15H22ClNO2/c1-4-10-11(15(9-17)6-5-7-15)8-12(16)14(19-3)13(10)18-2/h8H,4-7,9,17H2,1-3H3. The van der Waals surface area contributed by atoms with Gasteiger partial charge in [-0.25, -0.2) is 0 Å². The summed E-state index contributed by atoms with van der Waals surface area (Å²) in [5.41, 5.74) is 8.52. The molecule has 2 rings (SSSR count). The van der Waals surface area contributed by atoms with Crippen molar-refractivity contribution in [2.45, 2.75) is 38.0 Å². The summed E-state index contributed by atoms with van der Waals surface area (Å²) in [4.78, 5) is 0. The van der Waals surface area contributed by atoms with Crippen LogP contribution in [0.1, 0.15) is 37.3 Å². The largest absolute Gasteiger partial charge is 0.493 e. The van der Waals surface area contributed by atoms with E-state index in [-0.39, 0.29) is 5.41 Å². The van der Waals surface area contributed by atoms with Gasteiger partial charge in [-0.05, 0) is 30.9 Å². The summed E-state index contributed by atoms with van der Waals surface area (Å²) in [5, 5.41) is 0.603. The molecule has 1 saturated carbocycles. The minimum absolute atomic E-state index is 0.0779. The average Bonchev–Trinajstić information content (AvgIpc) is 2.37. The lowest BCUT2D eigenvalue weighted by atomic mass is 9.63. The van der Waals surface area contributed by atoms with Crippen molar-refractivity contribution in [1.82, 2.24) is 0 Å². The van der Waals surface area contributed by atoms with Crippen molar-refractivity contribution in [2.24, 2.45) is 5.73 Å². The van der Waals surface area contributed by atoms with Crippen LogP contribution < -0.4 is 15.2 Å². The fourth-order valence-corrected chi connectivity index (χ4v) is 3.34. The second kappa shape index (κ2) is 5.59. The molecular formula is C15H22ClNO2. The zero-order chi connectivity index (χ0) is 14.0. The van der Waals surface area contributed by atoms with Crippen molar-refractivity contribution in [3.63, 3.8) is 0 Å². The maximum Gasteiger partial charge on any atom is 0.179 e. The van der Waals surface area contributed by atoms with Crippen molar-refractivity contribution in [2.75, 3.05) is 20.8 Å². The van der Waals surface area contributed by atoms with Gasteiger partial charge in [-0.15, -0.1) is 0 Å².